The van der Waals surface area contributed by atoms with Crippen molar-refractivity contribution in [2.75, 3.05) is 16.8 Å². The Kier molecular flexibility index (Phi) is 5.82. The van der Waals surface area contributed by atoms with E-state index in [-0.39, 0.29) is 22.0 Å². The lowest BCUT2D eigenvalue weighted by atomic mass is 10.1. The summed E-state index contributed by atoms with van der Waals surface area (Å²) < 4.78 is 62.4. The van der Waals surface area contributed by atoms with Gasteiger partial charge < -0.3 is 0 Å². The zero-order chi connectivity index (χ0) is 19.5. The van der Waals surface area contributed by atoms with Crippen LogP contribution in [0.1, 0.15) is 12.5 Å². The molecule has 0 aliphatic heterocycles. The molecule has 10 heteroatoms. The first kappa shape index (κ1) is 20.1. The molecule has 26 heavy (non-hydrogen) atoms. The van der Waals surface area contributed by atoms with Crippen molar-refractivity contribution in [1.82, 2.24) is 0 Å². The van der Waals surface area contributed by atoms with Gasteiger partial charge >= 0.3 is 15.5 Å². The van der Waals surface area contributed by atoms with Crippen LogP contribution >= 0.6 is 11.6 Å². The Morgan fingerprint density at radius 3 is 2.31 bits per heavy atom. The van der Waals surface area contributed by atoms with Crippen LogP contribution in [0.2, 0.25) is 5.02 Å². The summed E-state index contributed by atoms with van der Waals surface area (Å²) in [6.07, 6.45) is 0. The number of hydrogen-bond acceptors (Lipinski definition) is 4. The minimum Gasteiger partial charge on any atom is -0.274 e. The summed E-state index contributed by atoms with van der Waals surface area (Å²) in [6, 6.07) is 13.2. The summed E-state index contributed by atoms with van der Waals surface area (Å²) in [7, 11) is -3.96. The predicted molar refractivity (Wildman–Crippen MR) is 97.1 cm³/mol. The van der Waals surface area contributed by atoms with Crippen LogP contribution in [-0.4, -0.2) is 26.7 Å². The Hall–Kier alpha value is -2.26. The van der Waals surface area contributed by atoms with E-state index in [9.17, 15) is 21.6 Å². The van der Waals surface area contributed by atoms with E-state index in [1.165, 1.54) is 34.9 Å². The number of nitrogens with one attached hydrogen (secondary N) is 1. The van der Waals surface area contributed by atoms with Crippen LogP contribution in [0.3, 0.4) is 0 Å². The molecule has 0 fully saturated rings. The molecule has 0 saturated heterocycles. The van der Waals surface area contributed by atoms with Gasteiger partial charge in [-0.3, -0.25) is 9.73 Å². The normalized spacial score (nSPS) is 12.8. The van der Waals surface area contributed by atoms with Crippen LogP contribution < -0.4 is 9.73 Å². The van der Waals surface area contributed by atoms with Crippen LogP contribution in [0, 0.1) is 0 Å². The molecule has 0 saturated carbocycles. The first-order valence-corrected chi connectivity index (χ1v) is 9.11. The molecular formula is C16H15ClF3N3O2S. The lowest BCUT2D eigenvalue weighted by Gasteiger charge is -2.18. The molecule has 2 rings (SSSR count). The molecule has 0 aliphatic carbocycles. The third kappa shape index (κ3) is 4.47. The highest BCUT2D eigenvalue weighted by atomic mass is 35.5. The largest absolute Gasteiger partial charge is 0.516 e. The van der Waals surface area contributed by atoms with Crippen molar-refractivity contribution in [2.24, 2.45) is 5.10 Å². The van der Waals surface area contributed by atoms with Gasteiger partial charge in [-0.15, -0.1) is 0 Å². The molecule has 0 aliphatic rings. The topological polar surface area (TPSA) is 61.8 Å². The van der Waals surface area contributed by atoms with Crippen molar-refractivity contribution in [3.05, 3.63) is 59.1 Å². The first-order chi connectivity index (χ1) is 12.0. The smallest absolute Gasteiger partial charge is 0.274 e. The molecule has 0 unspecified atom stereocenters. The molecule has 2 aromatic carbocycles. The number of nitrogens with zero attached hydrogens (tertiary/aromatic N) is 2. The van der Waals surface area contributed by atoms with E-state index in [1.54, 1.807) is 31.3 Å². The van der Waals surface area contributed by atoms with Crippen molar-refractivity contribution in [3.63, 3.8) is 0 Å². The van der Waals surface area contributed by atoms with Crippen molar-refractivity contribution in [2.45, 2.75) is 12.4 Å². The second-order valence-corrected chi connectivity index (χ2v) is 7.34. The second-order valence-electron chi connectivity index (χ2n) is 5.26. The Balaban J connectivity index is 2.44. The highest BCUT2D eigenvalue weighted by molar-refractivity contribution is 7.93. The van der Waals surface area contributed by atoms with Crippen LogP contribution in [0.5, 0.6) is 0 Å². The van der Waals surface area contributed by atoms with E-state index in [1.807, 2.05) is 6.07 Å². The lowest BCUT2D eigenvalue weighted by Crippen LogP contribution is -2.30. The molecule has 0 heterocycles. The number of anilines is 2. The number of hydrogen-bond donors (Lipinski definition) is 1. The van der Waals surface area contributed by atoms with Gasteiger partial charge in [-0.25, -0.2) is 0 Å². The molecule has 140 valence electrons. The van der Waals surface area contributed by atoms with Crippen LogP contribution in [0.15, 0.2) is 53.6 Å². The number of para-hydroxylation sites is 2. The summed E-state index contributed by atoms with van der Waals surface area (Å²) >= 11 is 5.92. The van der Waals surface area contributed by atoms with Gasteiger partial charge in [-0.05, 0) is 25.1 Å². The average molecular weight is 406 g/mol. The van der Waals surface area contributed by atoms with Gasteiger partial charge in [-0.2, -0.15) is 26.7 Å². The molecular weight excluding hydrogens is 391 g/mol. The molecule has 0 atom stereocenters. The minimum absolute atomic E-state index is 0.133. The number of hydrazone groups is 1. The standard InChI is InChI=1S/C16H15ClF3N3O2S/c1-11(21-23(2)12-7-4-3-5-8-12)13-9-6-10-14(17)15(13)22-26(24,25)16(18,19)20/h3-10,22H,1-2H3/b21-11+. The summed E-state index contributed by atoms with van der Waals surface area (Å²) in [6.45, 7) is 1.54. The molecule has 1 N–H and O–H groups in total. The van der Waals surface area contributed by atoms with Crippen molar-refractivity contribution in [1.29, 1.82) is 0 Å². The number of benzene rings is 2. The van der Waals surface area contributed by atoms with E-state index in [4.69, 9.17) is 11.6 Å². The van der Waals surface area contributed by atoms with Gasteiger partial charge in [0.1, 0.15) is 0 Å². The summed E-state index contributed by atoms with van der Waals surface area (Å²) in [5, 5.41) is 5.62. The maximum absolute atomic E-state index is 12.7. The third-order valence-corrected chi connectivity index (χ3v) is 4.77. The van der Waals surface area contributed by atoms with Crippen LogP contribution in [0.25, 0.3) is 0 Å². The molecule has 5 nitrogen and oxygen atoms in total. The van der Waals surface area contributed by atoms with Crippen molar-refractivity contribution >= 4 is 38.7 Å². The maximum Gasteiger partial charge on any atom is 0.516 e. The molecule has 0 spiro atoms. The van der Waals surface area contributed by atoms with E-state index < -0.39 is 15.5 Å². The van der Waals surface area contributed by atoms with Crippen LogP contribution in [-0.2, 0) is 10.0 Å². The summed E-state index contributed by atoms with van der Waals surface area (Å²) in [4.78, 5) is 0. The zero-order valence-corrected chi connectivity index (χ0v) is 15.3. The van der Waals surface area contributed by atoms with Gasteiger partial charge in [-0.1, -0.05) is 41.9 Å². The van der Waals surface area contributed by atoms with E-state index in [2.05, 4.69) is 5.10 Å². The molecule has 2 aromatic rings. The van der Waals surface area contributed by atoms with E-state index in [0.29, 0.717) is 0 Å². The number of alkyl halides is 3. The highest BCUT2D eigenvalue weighted by Gasteiger charge is 2.46. The quantitative estimate of drug-likeness (QED) is 0.590. The Bertz CT molecular complexity index is 916. The van der Waals surface area contributed by atoms with E-state index in [0.717, 1.165) is 5.69 Å². The SMILES string of the molecule is C/C(=N\N(C)c1ccccc1)c1cccc(Cl)c1NS(=O)(=O)C(F)(F)F. The fourth-order valence-electron chi connectivity index (χ4n) is 2.10. The van der Waals surface area contributed by atoms with Crippen molar-refractivity contribution in [3.8, 4) is 0 Å². The lowest BCUT2D eigenvalue weighted by molar-refractivity contribution is -0.0429. The molecule has 0 bridgehead atoms. The fraction of sp³-hybridized carbons (Fsp3) is 0.188. The van der Waals surface area contributed by atoms with Gasteiger partial charge in [0.15, 0.2) is 0 Å². The van der Waals surface area contributed by atoms with E-state index >= 15 is 0 Å². The monoisotopic (exact) mass is 405 g/mol. The maximum atomic E-state index is 12.7. The van der Waals surface area contributed by atoms with Gasteiger partial charge in [0.05, 0.1) is 22.1 Å². The van der Waals surface area contributed by atoms with Gasteiger partial charge in [0.25, 0.3) is 0 Å². The number of rotatable bonds is 5. The molecule has 0 amide bonds. The van der Waals surface area contributed by atoms with Gasteiger partial charge in [0.2, 0.25) is 0 Å². The predicted octanol–water partition coefficient (Wildman–Crippen LogP) is 4.46. The third-order valence-electron chi connectivity index (χ3n) is 3.37. The second kappa shape index (κ2) is 7.55. The Labute approximate surface area is 154 Å². The van der Waals surface area contributed by atoms with Gasteiger partial charge in [0, 0.05) is 12.6 Å². The summed E-state index contributed by atoms with van der Waals surface area (Å²) in [5.74, 6) is 0. The average Bonchev–Trinajstić information content (AvgIpc) is 2.56. The minimum atomic E-state index is -5.61. The first-order valence-electron chi connectivity index (χ1n) is 7.25. The number of sulfonamides is 1. The Morgan fingerprint density at radius 1 is 1.12 bits per heavy atom. The highest BCUT2D eigenvalue weighted by Crippen LogP contribution is 2.32. The zero-order valence-electron chi connectivity index (χ0n) is 13.7. The Morgan fingerprint density at radius 2 is 1.73 bits per heavy atom. The molecule has 0 radical (unpaired) electrons. The van der Waals surface area contributed by atoms with Crippen LogP contribution in [0.4, 0.5) is 24.5 Å². The van der Waals surface area contributed by atoms with Crippen molar-refractivity contribution < 1.29 is 21.6 Å². The fourth-order valence-corrected chi connectivity index (χ4v) is 2.98. The number of halogens is 4. The summed E-state index contributed by atoms with van der Waals surface area (Å²) in [5.41, 5.74) is -4.69. The molecule has 0 aromatic heterocycles.